The Morgan fingerprint density at radius 3 is 2.89 bits per heavy atom. The lowest BCUT2D eigenvalue weighted by atomic mass is 9.88. The molecule has 2 N–H and O–H groups in total. The molecule has 0 spiro atoms. The summed E-state index contributed by atoms with van der Waals surface area (Å²) in [5.41, 5.74) is 3.69. The van der Waals surface area contributed by atoms with Crippen LogP contribution in [0.25, 0.3) is 0 Å². The van der Waals surface area contributed by atoms with Gasteiger partial charge in [-0.3, -0.25) is 9.44 Å². The molecule has 1 unspecified atom stereocenters. The molecule has 1 aliphatic carbocycles. The second kappa shape index (κ2) is 9.18. The molecule has 0 bridgehead atoms. The van der Waals surface area contributed by atoms with Crippen LogP contribution in [-0.4, -0.2) is 13.6 Å². The third kappa shape index (κ3) is 6.81. The summed E-state index contributed by atoms with van der Waals surface area (Å²) < 4.78 is 6.17. The largest absolute Gasteiger partial charge is 0.254 e. The van der Waals surface area contributed by atoms with E-state index in [4.69, 9.17) is 0 Å². The first kappa shape index (κ1) is 16.3. The Morgan fingerprint density at radius 1 is 1.47 bits per heavy atom. The highest BCUT2D eigenvalue weighted by atomic mass is 32.2. The fourth-order valence-corrected chi connectivity index (χ4v) is 2.35. The van der Waals surface area contributed by atoms with E-state index in [-0.39, 0.29) is 0 Å². The van der Waals surface area contributed by atoms with Crippen molar-refractivity contribution in [3.63, 3.8) is 0 Å². The molecule has 0 saturated heterocycles. The van der Waals surface area contributed by atoms with Gasteiger partial charge in [0.2, 0.25) is 0 Å². The predicted octanol–water partition coefficient (Wildman–Crippen LogP) is 4.16. The number of nitrogens with one attached hydrogen (secondary N) is 2. The van der Waals surface area contributed by atoms with E-state index >= 15 is 0 Å². The number of rotatable bonds is 8. The van der Waals surface area contributed by atoms with E-state index < -0.39 is 0 Å². The van der Waals surface area contributed by atoms with E-state index in [1.54, 1.807) is 0 Å². The topological polar surface area (TPSA) is 24.1 Å². The lowest BCUT2D eigenvalue weighted by Gasteiger charge is -2.18. The van der Waals surface area contributed by atoms with Gasteiger partial charge in [-0.25, -0.2) is 0 Å². The summed E-state index contributed by atoms with van der Waals surface area (Å²) in [7, 11) is 1.90. The van der Waals surface area contributed by atoms with Crippen LogP contribution < -0.4 is 9.44 Å². The maximum absolute atomic E-state index is 4.16. The molecule has 0 fully saturated rings. The van der Waals surface area contributed by atoms with E-state index in [1.165, 1.54) is 30.5 Å². The molecule has 1 rings (SSSR count). The van der Waals surface area contributed by atoms with E-state index in [0.717, 1.165) is 36.5 Å². The van der Waals surface area contributed by atoms with Crippen molar-refractivity contribution >= 4 is 12.1 Å². The zero-order valence-electron chi connectivity index (χ0n) is 12.2. The monoisotopic (exact) mass is 278 g/mol. The van der Waals surface area contributed by atoms with Crippen LogP contribution in [0, 0.1) is 5.92 Å². The van der Waals surface area contributed by atoms with Gasteiger partial charge in [0.1, 0.15) is 0 Å². The van der Waals surface area contributed by atoms with Crippen molar-refractivity contribution in [3.05, 3.63) is 48.1 Å². The molecule has 0 aromatic carbocycles. The van der Waals surface area contributed by atoms with E-state index in [2.05, 4.69) is 47.8 Å². The van der Waals surface area contributed by atoms with Gasteiger partial charge in [-0.1, -0.05) is 43.9 Å². The number of hydrogen-bond acceptors (Lipinski definition) is 3. The zero-order valence-corrected chi connectivity index (χ0v) is 13.0. The SMILES string of the molecule is C=C(/C=C\C(=C)C1=CCC(C)CC1)CCNSNC. The number of hydrogen-bond donors (Lipinski definition) is 2. The molecule has 19 heavy (non-hydrogen) atoms. The first-order valence-corrected chi connectivity index (χ1v) is 7.74. The van der Waals surface area contributed by atoms with Crippen molar-refractivity contribution < 1.29 is 0 Å². The molecule has 0 heterocycles. The summed E-state index contributed by atoms with van der Waals surface area (Å²) in [5, 5.41) is 0. The lowest BCUT2D eigenvalue weighted by Crippen LogP contribution is -2.11. The Hall–Kier alpha value is -0.770. The normalized spacial score (nSPS) is 19.5. The predicted molar refractivity (Wildman–Crippen MR) is 87.8 cm³/mol. The van der Waals surface area contributed by atoms with Crippen LogP contribution in [0.5, 0.6) is 0 Å². The van der Waals surface area contributed by atoms with Gasteiger partial charge < -0.3 is 0 Å². The molecular formula is C16H26N2S. The molecule has 106 valence electrons. The van der Waals surface area contributed by atoms with Gasteiger partial charge in [0.25, 0.3) is 0 Å². The van der Waals surface area contributed by atoms with Gasteiger partial charge in [-0.2, -0.15) is 0 Å². The van der Waals surface area contributed by atoms with Crippen LogP contribution in [0.2, 0.25) is 0 Å². The zero-order chi connectivity index (χ0) is 14.1. The molecular weight excluding hydrogens is 252 g/mol. The van der Waals surface area contributed by atoms with Crippen LogP contribution in [-0.2, 0) is 0 Å². The van der Waals surface area contributed by atoms with Gasteiger partial charge in [0.15, 0.2) is 0 Å². The van der Waals surface area contributed by atoms with Gasteiger partial charge in [-0.15, -0.1) is 0 Å². The van der Waals surface area contributed by atoms with Crippen molar-refractivity contribution in [2.45, 2.75) is 32.6 Å². The third-order valence-corrected chi connectivity index (χ3v) is 3.88. The second-order valence-electron chi connectivity index (χ2n) is 5.08. The van der Waals surface area contributed by atoms with Crippen LogP contribution in [0.15, 0.2) is 48.1 Å². The summed E-state index contributed by atoms with van der Waals surface area (Å²) in [4.78, 5) is 0. The van der Waals surface area contributed by atoms with Gasteiger partial charge in [0.05, 0.1) is 0 Å². The molecule has 1 aliphatic rings. The van der Waals surface area contributed by atoms with E-state index in [1.807, 2.05) is 7.05 Å². The molecule has 0 amide bonds. The molecule has 0 aromatic rings. The molecule has 0 radical (unpaired) electrons. The maximum atomic E-state index is 4.16. The van der Waals surface area contributed by atoms with Crippen LogP contribution >= 0.6 is 12.1 Å². The summed E-state index contributed by atoms with van der Waals surface area (Å²) >= 11 is 1.51. The second-order valence-corrected chi connectivity index (χ2v) is 5.98. The Kier molecular flexibility index (Phi) is 7.87. The number of allylic oxidation sites excluding steroid dienone is 5. The summed E-state index contributed by atoms with van der Waals surface area (Å²) in [6.07, 6.45) is 11.1. The molecule has 3 heteroatoms. The summed E-state index contributed by atoms with van der Waals surface area (Å²) in [5.74, 6) is 0.825. The molecule has 0 aliphatic heterocycles. The van der Waals surface area contributed by atoms with Gasteiger partial charge in [-0.05, 0) is 49.8 Å². The Labute approximate surface area is 122 Å². The molecule has 2 nitrogen and oxygen atoms in total. The highest BCUT2D eigenvalue weighted by molar-refractivity contribution is 7.95. The first-order valence-electron chi connectivity index (χ1n) is 6.93. The minimum Gasteiger partial charge on any atom is -0.254 e. The van der Waals surface area contributed by atoms with Crippen molar-refractivity contribution in [1.29, 1.82) is 0 Å². The van der Waals surface area contributed by atoms with E-state index in [0.29, 0.717) is 0 Å². The fraction of sp³-hybridized carbons (Fsp3) is 0.500. The van der Waals surface area contributed by atoms with Crippen LogP contribution in [0.3, 0.4) is 0 Å². The standard InChI is InChI=1S/C16H26N2S/c1-13-6-9-16(10-7-13)15(3)8-5-14(2)11-12-18-19-17-4/h5,8-9,13,17-18H,2-3,6-7,10-12H2,1,4H3/b8-5-. The average Bonchev–Trinajstić information content (AvgIpc) is 2.42. The van der Waals surface area contributed by atoms with Gasteiger partial charge in [0, 0.05) is 18.7 Å². The van der Waals surface area contributed by atoms with Gasteiger partial charge >= 0.3 is 0 Å². The van der Waals surface area contributed by atoms with Crippen molar-refractivity contribution in [1.82, 2.24) is 9.44 Å². The van der Waals surface area contributed by atoms with Crippen LogP contribution in [0.1, 0.15) is 32.6 Å². The maximum Gasteiger partial charge on any atom is 0.0111 e. The molecule has 1 atom stereocenters. The Balaban J connectivity index is 2.31. The minimum absolute atomic E-state index is 0.825. The van der Waals surface area contributed by atoms with Crippen LogP contribution in [0.4, 0.5) is 0 Å². The lowest BCUT2D eigenvalue weighted by molar-refractivity contribution is 0.517. The average molecular weight is 278 g/mol. The fourth-order valence-electron chi connectivity index (χ4n) is 2.00. The minimum atomic E-state index is 0.825. The Morgan fingerprint density at radius 2 is 2.26 bits per heavy atom. The Bertz CT molecular complexity index is 369. The van der Waals surface area contributed by atoms with Crippen molar-refractivity contribution in [2.75, 3.05) is 13.6 Å². The highest BCUT2D eigenvalue weighted by Crippen LogP contribution is 2.27. The van der Waals surface area contributed by atoms with Crippen molar-refractivity contribution in [3.8, 4) is 0 Å². The summed E-state index contributed by atoms with van der Waals surface area (Å²) in [6.45, 7) is 11.5. The third-order valence-electron chi connectivity index (χ3n) is 3.33. The highest BCUT2D eigenvalue weighted by Gasteiger charge is 2.10. The first-order chi connectivity index (χ1) is 9.13. The smallest absolute Gasteiger partial charge is 0.0111 e. The molecule has 0 aromatic heterocycles. The quantitative estimate of drug-likeness (QED) is 0.396. The summed E-state index contributed by atoms with van der Waals surface area (Å²) in [6, 6.07) is 0. The van der Waals surface area contributed by atoms with E-state index in [9.17, 15) is 0 Å². The molecule has 0 saturated carbocycles. The van der Waals surface area contributed by atoms with Crippen molar-refractivity contribution in [2.24, 2.45) is 5.92 Å².